The molecule has 1 heterocycles. The van der Waals surface area contributed by atoms with E-state index in [0.717, 1.165) is 29.7 Å². The smallest absolute Gasteiger partial charge is 0.272 e. The summed E-state index contributed by atoms with van der Waals surface area (Å²) in [5.41, 5.74) is 7.43. The topological polar surface area (TPSA) is 96.2 Å². The van der Waals surface area contributed by atoms with E-state index in [-0.39, 0.29) is 23.5 Å². The number of nitrogens with zero attached hydrogens (tertiary/aromatic N) is 2. The Labute approximate surface area is 242 Å². The number of anilines is 1. The van der Waals surface area contributed by atoms with Gasteiger partial charge in [0.2, 0.25) is 0 Å². The fraction of sp³-hybridized carbons (Fsp3) is 0.324. The highest BCUT2D eigenvalue weighted by Gasteiger charge is 2.17. The van der Waals surface area contributed by atoms with E-state index in [0.29, 0.717) is 35.6 Å². The van der Waals surface area contributed by atoms with Crippen LogP contribution in [0.2, 0.25) is 0 Å². The van der Waals surface area contributed by atoms with E-state index in [1.54, 1.807) is 17.8 Å². The molecule has 0 aliphatic heterocycles. The van der Waals surface area contributed by atoms with Crippen LogP contribution in [0.4, 0.5) is 5.69 Å². The van der Waals surface area contributed by atoms with Gasteiger partial charge in [0.15, 0.2) is 0 Å². The van der Waals surface area contributed by atoms with E-state index >= 15 is 0 Å². The van der Waals surface area contributed by atoms with Gasteiger partial charge in [0.1, 0.15) is 5.69 Å². The first kappa shape index (κ1) is 29.9. The molecular weight excluding hydrogens is 512 g/mol. The van der Waals surface area contributed by atoms with Crippen molar-refractivity contribution < 1.29 is 9.90 Å². The molecule has 0 radical (unpaired) electrons. The summed E-state index contributed by atoms with van der Waals surface area (Å²) in [4.78, 5) is 30.8. The van der Waals surface area contributed by atoms with Gasteiger partial charge < -0.3 is 20.3 Å². The van der Waals surface area contributed by atoms with Crippen LogP contribution in [0.25, 0.3) is 11.3 Å². The molecule has 0 unspecified atom stereocenters. The number of rotatable bonds is 10. The van der Waals surface area contributed by atoms with Crippen LogP contribution in [-0.4, -0.2) is 40.3 Å². The Morgan fingerprint density at radius 1 is 0.951 bits per heavy atom. The number of aliphatic hydroxyl groups excluding tert-OH is 1. The zero-order valence-corrected chi connectivity index (χ0v) is 24.6. The fourth-order valence-corrected chi connectivity index (χ4v) is 4.73. The van der Waals surface area contributed by atoms with Crippen LogP contribution in [0, 0.1) is 6.92 Å². The Bertz CT molecular complexity index is 1550. The number of amides is 1. The number of carbonyl (C=O) groups is 1. The lowest BCUT2D eigenvalue weighted by Gasteiger charge is -2.19. The SMILES string of the molecule is Cc1c(NC(=O)c2ccc(C(C)(C)C)cc2)cccc1-c1cn(C)c(=O)c(Cc2ccc(CCNCCO)cc2)n1. The van der Waals surface area contributed by atoms with Crippen molar-refractivity contribution in [3.05, 3.63) is 117 Å². The van der Waals surface area contributed by atoms with Gasteiger partial charge in [-0.15, -0.1) is 0 Å². The van der Waals surface area contributed by atoms with Crippen molar-refractivity contribution in [3.63, 3.8) is 0 Å². The third-order valence-electron chi connectivity index (χ3n) is 7.28. The van der Waals surface area contributed by atoms with Crippen molar-refractivity contribution in [3.8, 4) is 11.3 Å². The minimum absolute atomic E-state index is 0.0175. The normalized spacial score (nSPS) is 11.5. The predicted octanol–water partition coefficient (Wildman–Crippen LogP) is 5.02. The van der Waals surface area contributed by atoms with Crippen LogP contribution >= 0.6 is 0 Å². The van der Waals surface area contributed by atoms with Crippen LogP contribution in [-0.2, 0) is 25.3 Å². The van der Waals surface area contributed by atoms with Crippen molar-refractivity contribution in [2.75, 3.05) is 25.0 Å². The highest BCUT2D eigenvalue weighted by molar-refractivity contribution is 6.05. The Kier molecular flexibility index (Phi) is 9.53. The molecule has 7 nitrogen and oxygen atoms in total. The quantitative estimate of drug-likeness (QED) is 0.240. The Morgan fingerprint density at radius 2 is 1.63 bits per heavy atom. The summed E-state index contributed by atoms with van der Waals surface area (Å²) in [6.07, 6.45) is 3.03. The van der Waals surface area contributed by atoms with E-state index in [9.17, 15) is 9.59 Å². The third-order valence-corrected chi connectivity index (χ3v) is 7.28. The van der Waals surface area contributed by atoms with Crippen LogP contribution in [0.15, 0.2) is 77.7 Å². The van der Waals surface area contributed by atoms with Crippen molar-refractivity contribution >= 4 is 11.6 Å². The summed E-state index contributed by atoms with van der Waals surface area (Å²) in [6.45, 7) is 9.91. The molecular formula is C34H40N4O3. The van der Waals surface area contributed by atoms with E-state index in [1.807, 2.05) is 61.5 Å². The van der Waals surface area contributed by atoms with Crippen molar-refractivity contribution in [2.24, 2.45) is 7.05 Å². The van der Waals surface area contributed by atoms with Gasteiger partial charge >= 0.3 is 0 Å². The lowest BCUT2D eigenvalue weighted by Crippen LogP contribution is -2.23. The number of hydrogen-bond acceptors (Lipinski definition) is 5. The molecule has 214 valence electrons. The van der Waals surface area contributed by atoms with Gasteiger partial charge in [0.05, 0.1) is 12.3 Å². The minimum atomic E-state index is -0.174. The number of aliphatic hydroxyl groups is 1. The highest BCUT2D eigenvalue weighted by atomic mass is 16.3. The molecule has 0 aliphatic carbocycles. The Morgan fingerprint density at radius 3 is 2.29 bits per heavy atom. The van der Waals surface area contributed by atoms with Crippen LogP contribution in [0.3, 0.4) is 0 Å². The average molecular weight is 553 g/mol. The van der Waals surface area contributed by atoms with E-state index in [4.69, 9.17) is 10.1 Å². The Hall–Kier alpha value is -4.07. The largest absolute Gasteiger partial charge is 0.395 e. The lowest BCUT2D eigenvalue weighted by atomic mass is 9.86. The van der Waals surface area contributed by atoms with Crippen molar-refractivity contribution in [1.29, 1.82) is 0 Å². The lowest BCUT2D eigenvalue weighted by molar-refractivity contribution is 0.102. The summed E-state index contributed by atoms with van der Waals surface area (Å²) in [7, 11) is 1.74. The summed E-state index contributed by atoms with van der Waals surface area (Å²) >= 11 is 0. The second-order valence-corrected chi connectivity index (χ2v) is 11.5. The molecule has 1 aromatic heterocycles. The summed E-state index contributed by atoms with van der Waals surface area (Å²) in [5.74, 6) is -0.174. The van der Waals surface area contributed by atoms with E-state index < -0.39 is 0 Å². The molecule has 1 amide bonds. The number of hydrogen-bond donors (Lipinski definition) is 3. The van der Waals surface area contributed by atoms with Gasteiger partial charge in [0, 0.05) is 43.0 Å². The summed E-state index contributed by atoms with van der Waals surface area (Å²) in [6, 6.07) is 21.6. The number of nitrogens with one attached hydrogen (secondary N) is 2. The maximum absolute atomic E-state index is 13.1. The van der Waals surface area contributed by atoms with Crippen LogP contribution in [0.1, 0.15) is 59.1 Å². The first-order chi connectivity index (χ1) is 19.6. The molecule has 7 heteroatoms. The second-order valence-electron chi connectivity index (χ2n) is 11.5. The summed E-state index contributed by atoms with van der Waals surface area (Å²) < 4.78 is 1.57. The molecule has 0 spiro atoms. The molecule has 0 fully saturated rings. The molecule has 0 aliphatic rings. The standard InChI is InChI=1S/C34H40N4O3/c1-23-28(7-6-8-29(23)37-32(40)26-13-15-27(16-14-26)34(2,3)4)31-22-38(5)33(41)30(36-31)21-25-11-9-24(10-12-25)17-18-35-19-20-39/h6-16,22,35,39H,17-21H2,1-5H3,(H,37,40). The molecule has 0 atom stereocenters. The van der Waals surface area contributed by atoms with E-state index in [1.165, 1.54) is 11.1 Å². The van der Waals surface area contributed by atoms with Gasteiger partial charge in [-0.05, 0) is 65.8 Å². The van der Waals surface area contributed by atoms with Gasteiger partial charge in [-0.3, -0.25) is 9.59 Å². The molecule has 0 bridgehead atoms. The number of carbonyl (C=O) groups excluding carboxylic acids is 1. The zero-order valence-electron chi connectivity index (χ0n) is 24.6. The van der Waals surface area contributed by atoms with Gasteiger partial charge in [-0.25, -0.2) is 4.98 Å². The fourth-order valence-electron chi connectivity index (χ4n) is 4.73. The monoisotopic (exact) mass is 552 g/mol. The molecule has 0 saturated heterocycles. The van der Waals surface area contributed by atoms with Crippen LogP contribution in [0.5, 0.6) is 0 Å². The summed E-state index contributed by atoms with van der Waals surface area (Å²) in [5, 5.41) is 15.1. The zero-order chi connectivity index (χ0) is 29.6. The van der Waals surface area contributed by atoms with E-state index in [2.05, 4.69) is 43.5 Å². The maximum atomic E-state index is 13.1. The van der Waals surface area contributed by atoms with Gasteiger partial charge in [0.25, 0.3) is 11.5 Å². The van der Waals surface area contributed by atoms with Crippen LogP contribution < -0.4 is 16.2 Å². The number of aryl methyl sites for hydroxylation is 1. The predicted molar refractivity (Wildman–Crippen MR) is 166 cm³/mol. The minimum Gasteiger partial charge on any atom is -0.395 e. The maximum Gasteiger partial charge on any atom is 0.272 e. The highest BCUT2D eigenvalue weighted by Crippen LogP contribution is 2.28. The number of benzene rings is 3. The Balaban J connectivity index is 1.53. The average Bonchev–Trinajstić information content (AvgIpc) is 2.95. The third kappa shape index (κ3) is 7.57. The van der Waals surface area contributed by atoms with Crippen molar-refractivity contribution in [1.82, 2.24) is 14.9 Å². The first-order valence-electron chi connectivity index (χ1n) is 14.0. The molecule has 3 N–H and O–H groups in total. The van der Waals surface area contributed by atoms with Gasteiger partial charge in [-0.2, -0.15) is 0 Å². The van der Waals surface area contributed by atoms with Gasteiger partial charge in [-0.1, -0.05) is 69.3 Å². The first-order valence-corrected chi connectivity index (χ1v) is 14.0. The van der Waals surface area contributed by atoms with Crippen molar-refractivity contribution in [2.45, 2.75) is 46.0 Å². The molecule has 4 aromatic rings. The molecule has 0 saturated carbocycles. The second kappa shape index (κ2) is 13.1. The molecule has 4 rings (SSSR count). The molecule has 3 aromatic carbocycles. The molecule has 41 heavy (non-hydrogen) atoms. The number of aromatic nitrogens is 2.